The average molecular weight is 607 g/mol. The lowest BCUT2D eigenvalue weighted by molar-refractivity contribution is 0.0276. The van der Waals surface area contributed by atoms with Gasteiger partial charge >= 0.3 is 0 Å². The Morgan fingerprint density at radius 2 is 1.13 bits per heavy atom. The number of rotatable bonds is 8. The maximum absolute atomic E-state index is 5.81. The maximum atomic E-state index is 5.81. The van der Waals surface area contributed by atoms with Crippen LogP contribution in [0.5, 0.6) is 0 Å². The van der Waals surface area contributed by atoms with Gasteiger partial charge in [0, 0.05) is 62.3 Å². The van der Waals surface area contributed by atoms with Crippen molar-refractivity contribution in [2.45, 2.75) is 56.7 Å². The molecule has 2 aliphatic carbocycles. The first kappa shape index (κ1) is 29.7. The highest BCUT2D eigenvalue weighted by molar-refractivity contribution is 5.59. The van der Waals surface area contributed by atoms with Gasteiger partial charge in [-0.1, -0.05) is 24.3 Å². The number of morpholine rings is 2. The first-order valence-corrected chi connectivity index (χ1v) is 16.2. The fourth-order valence-corrected chi connectivity index (χ4v) is 5.68. The Bertz CT molecular complexity index is 1530. The van der Waals surface area contributed by atoms with Crippen molar-refractivity contribution < 1.29 is 9.47 Å². The molecule has 0 amide bonds. The largest absolute Gasteiger partial charge is 0.371 e. The van der Waals surface area contributed by atoms with E-state index in [9.17, 15) is 0 Å². The Kier molecular flexibility index (Phi) is 9.25. The minimum atomic E-state index is 0.144. The van der Waals surface area contributed by atoms with Crippen LogP contribution >= 0.6 is 0 Å². The van der Waals surface area contributed by atoms with Crippen molar-refractivity contribution in [2.75, 3.05) is 50.0 Å². The highest BCUT2D eigenvalue weighted by atomic mass is 16.5. The summed E-state index contributed by atoms with van der Waals surface area (Å²) in [5, 5.41) is 13.3. The quantitative estimate of drug-likeness (QED) is 0.195. The van der Waals surface area contributed by atoms with E-state index in [0.717, 1.165) is 50.8 Å². The van der Waals surface area contributed by atoms with Gasteiger partial charge in [0.15, 0.2) is 0 Å². The van der Waals surface area contributed by atoms with Gasteiger partial charge in [0.25, 0.3) is 0 Å². The van der Waals surface area contributed by atoms with E-state index in [1.165, 1.54) is 53.5 Å². The van der Waals surface area contributed by atoms with Crippen LogP contribution < -0.4 is 21.3 Å². The van der Waals surface area contributed by atoms with E-state index in [1.807, 2.05) is 36.9 Å². The van der Waals surface area contributed by atoms with Crippen LogP contribution in [0.2, 0.25) is 0 Å². The molecule has 10 nitrogen and oxygen atoms in total. The molecule has 8 rings (SSSR count). The molecule has 2 aliphatic heterocycles. The minimum absolute atomic E-state index is 0.144. The molecule has 4 aromatic rings. The van der Waals surface area contributed by atoms with Gasteiger partial charge in [0.2, 0.25) is 11.9 Å². The van der Waals surface area contributed by atoms with Gasteiger partial charge < -0.3 is 30.7 Å². The summed E-state index contributed by atoms with van der Waals surface area (Å²) < 4.78 is 11.6. The Morgan fingerprint density at radius 1 is 0.622 bits per heavy atom. The first-order valence-electron chi connectivity index (χ1n) is 16.2. The second-order valence-corrected chi connectivity index (χ2v) is 12.3. The molecular formula is C35H42N8O2. The van der Waals surface area contributed by atoms with Crippen LogP contribution in [0.25, 0.3) is 0 Å². The molecule has 2 aromatic carbocycles. The van der Waals surface area contributed by atoms with Crippen molar-refractivity contribution in [1.82, 2.24) is 30.6 Å². The van der Waals surface area contributed by atoms with Gasteiger partial charge in [-0.05, 0) is 90.5 Å². The predicted molar refractivity (Wildman–Crippen MR) is 175 cm³/mol. The van der Waals surface area contributed by atoms with Crippen molar-refractivity contribution in [3.8, 4) is 0 Å². The van der Waals surface area contributed by atoms with Crippen LogP contribution in [-0.4, -0.2) is 59.3 Å². The number of nitrogens with zero attached hydrogens (tertiary/aromatic N) is 4. The number of ether oxygens (including phenoxy) is 2. The number of hydrogen-bond donors (Lipinski definition) is 4. The molecule has 1 unspecified atom stereocenters. The van der Waals surface area contributed by atoms with E-state index in [4.69, 9.17) is 9.47 Å². The molecule has 4 N–H and O–H groups in total. The van der Waals surface area contributed by atoms with Crippen LogP contribution in [0.15, 0.2) is 67.3 Å². The van der Waals surface area contributed by atoms with Crippen molar-refractivity contribution >= 4 is 23.3 Å². The number of anilines is 4. The van der Waals surface area contributed by atoms with E-state index in [2.05, 4.69) is 78.5 Å². The lowest BCUT2D eigenvalue weighted by Gasteiger charge is -2.24. The van der Waals surface area contributed by atoms with Gasteiger partial charge in [0.05, 0.1) is 25.4 Å². The molecule has 45 heavy (non-hydrogen) atoms. The summed E-state index contributed by atoms with van der Waals surface area (Å²) in [6.07, 6.45) is 13.1. The summed E-state index contributed by atoms with van der Waals surface area (Å²) in [5.74, 6) is 2.68. The third-order valence-corrected chi connectivity index (χ3v) is 8.70. The molecular weight excluding hydrogens is 564 g/mol. The number of benzene rings is 2. The molecule has 0 spiro atoms. The molecule has 2 aromatic heterocycles. The van der Waals surface area contributed by atoms with Crippen molar-refractivity contribution in [2.24, 2.45) is 0 Å². The van der Waals surface area contributed by atoms with E-state index >= 15 is 0 Å². The van der Waals surface area contributed by atoms with Gasteiger partial charge in [-0.3, -0.25) is 0 Å². The van der Waals surface area contributed by atoms with Crippen LogP contribution in [0.1, 0.15) is 77.5 Å². The summed E-state index contributed by atoms with van der Waals surface area (Å²) in [4.78, 5) is 17.6. The van der Waals surface area contributed by atoms with E-state index in [0.29, 0.717) is 23.7 Å². The molecule has 4 aliphatic rings. The van der Waals surface area contributed by atoms with Gasteiger partial charge in [-0.25, -0.2) is 19.9 Å². The third kappa shape index (κ3) is 8.01. The number of hydrogen-bond acceptors (Lipinski definition) is 10. The molecule has 4 fully saturated rings. The van der Waals surface area contributed by atoms with Crippen molar-refractivity contribution in [1.29, 1.82) is 0 Å². The third-order valence-electron chi connectivity index (χ3n) is 8.70. The van der Waals surface area contributed by atoms with Crippen LogP contribution in [0.3, 0.4) is 0 Å². The standard InChI is InChI=1S/C18H22N4O.C17H20N4O/c1-12-8-14(17-11-19-6-7-23-17)4-5-16(12)22-18-20-9-15(10-21-18)13-2-3-13;1-2-12(1)14-9-19-17(20-10-14)21-15-5-3-13(4-6-15)16-11-18-7-8-22-16/h4-5,8-10,13,17,19H,2-3,6-7,11H2,1H3,(H,20,21,22);3-6,9-10,12,16,18H,1-2,7-8,11H2,(H,19,20,21)/t;16-/m.0/s1. The number of aromatic nitrogens is 4. The topological polar surface area (TPSA) is 118 Å². The van der Waals surface area contributed by atoms with E-state index < -0.39 is 0 Å². The lowest BCUT2D eigenvalue weighted by atomic mass is 10.0. The SMILES string of the molecule is Cc1cc(C2CNCCO2)ccc1Nc1ncc(C2CC2)cn1.c1cc([C@@H]2CNCCO2)ccc1Nc1ncc(C2CC2)cn1. The van der Waals surface area contributed by atoms with Gasteiger partial charge in [-0.15, -0.1) is 0 Å². The Hall–Kier alpha value is -3.96. The molecule has 0 radical (unpaired) electrons. The zero-order valence-corrected chi connectivity index (χ0v) is 25.8. The molecule has 2 saturated carbocycles. The fourth-order valence-electron chi connectivity index (χ4n) is 5.68. The summed E-state index contributed by atoms with van der Waals surface area (Å²) in [7, 11) is 0. The van der Waals surface area contributed by atoms with Crippen LogP contribution in [0.4, 0.5) is 23.3 Å². The molecule has 2 saturated heterocycles. The number of nitrogens with one attached hydrogen (secondary N) is 4. The van der Waals surface area contributed by atoms with E-state index in [1.54, 1.807) is 0 Å². The first-order chi connectivity index (χ1) is 22.2. The Morgan fingerprint density at radius 3 is 1.62 bits per heavy atom. The highest BCUT2D eigenvalue weighted by Gasteiger charge is 2.25. The van der Waals surface area contributed by atoms with Crippen molar-refractivity contribution in [3.05, 3.63) is 95.1 Å². The summed E-state index contributed by atoms with van der Waals surface area (Å²) in [5.41, 5.74) is 8.12. The van der Waals surface area contributed by atoms with Crippen LogP contribution in [-0.2, 0) is 9.47 Å². The summed E-state index contributed by atoms with van der Waals surface area (Å²) >= 11 is 0. The Labute approximate surface area is 264 Å². The summed E-state index contributed by atoms with van der Waals surface area (Å²) in [6.45, 7) is 7.25. The minimum Gasteiger partial charge on any atom is -0.371 e. The lowest BCUT2D eigenvalue weighted by Crippen LogP contribution is -2.33. The smallest absolute Gasteiger partial charge is 0.227 e. The van der Waals surface area contributed by atoms with Crippen molar-refractivity contribution in [3.63, 3.8) is 0 Å². The Balaban J connectivity index is 0.000000145. The average Bonchev–Trinajstić information content (AvgIpc) is 4.03. The van der Waals surface area contributed by atoms with Gasteiger partial charge in [0.1, 0.15) is 0 Å². The highest BCUT2D eigenvalue weighted by Crippen LogP contribution is 2.40. The zero-order chi connectivity index (χ0) is 30.4. The van der Waals surface area contributed by atoms with E-state index in [-0.39, 0.29) is 12.2 Å². The monoisotopic (exact) mass is 606 g/mol. The van der Waals surface area contributed by atoms with Crippen LogP contribution in [0, 0.1) is 6.92 Å². The zero-order valence-electron chi connectivity index (χ0n) is 25.8. The predicted octanol–water partition coefficient (Wildman–Crippen LogP) is 5.83. The maximum Gasteiger partial charge on any atom is 0.227 e. The fraction of sp³-hybridized carbons (Fsp3) is 0.429. The second-order valence-electron chi connectivity index (χ2n) is 12.3. The molecule has 2 atom stereocenters. The molecule has 234 valence electrons. The van der Waals surface area contributed by atoms with Gasteiger partial charge in [-0.2, -0.15) is 0 Å². The molecule has 10 heteroatoms. The normalized spacial score (nSPS) is 21.4. The molecule has 0 bridgehead atoms. The second kappa shape index (κ2) is 14.0. The summed E-state index contributed by atoms with van der Waals surface area (Å²) in [6, 6.07) is 14.7. The molecule has 4 heterocycles. The number of aryl methyl sites for hydroxylation is 1.